The smallest absolute Gasteiger partial charge is 0.410 e. The monoisotopic (exact) mass is 478 g/mol. The van der Waals surface area contributed by atoms with Crippen LogP contribution in [0.15, 0.2) is 23.5 Å². The number of carbonyl (C=O) groups is 1. The molecule has 0 unspecified atom stereocenters. The van der Waals surface area contributed by atoms with E-state index in [0.717, 1.165) is 32.0 Å². The molecular weight excluding hydrogens is 447 g/mol. The predicted molar refractivity (Wildman–Crippen MR) is 113 cm³/mol. The average molecular weight is 478 g/mol. The van der Waals surface area contributed by atoms with Crippen molar-refractivity contribution < 1.29 is 9.53 Å². The van der Waals surface area contributed by atoms with Crippen LogP contribution in [0.25, 0.3) is 0 Å². The van der Waals surface area contributed by atoms with Crippen molar-refractivity contribution in [1.29, 1.82) is 0 Å². The van der Waals surface area contributed by atoms with E-state index < -0.39 is 5.60 Å². The molecule has 0 saturated carbocycles. The average Bonchev–Trinajstić information content (AvgIpc) is 2.97. The first-order valence-corrected chi connectivity index (χ1v) is 8.87. The van der Waals surface area contributed by atoms with Gasteiger partial charge >= 0.3 is 6.09 Å². The normalized spacial score (nSPS) is 15.1. The standard InChI is InChI=1S/C17H30N6O2.HI/c1-5-18-15(19-8-6-10-23-11-7-9-20-23)21-14-12-22(13-14)16(24)25-17(2,3)4;/h7,9,11,14H,5-6,8,10,12-13H2,1-4H3,(H2,18,19,21);1H. The molecule has 1 aromatic heterocycles. The molecule has 1 saturated heterocycles. The maximum absolute atomic E-state index is 11.9. The van der Waals surface area contributed by atoms with E-state index in [0.29, 0.717) is 13.1 Å². The topological polar surface area (TPSA) is 83.8 Å². The van der Waals surface area contributed by atoms with Gasteiger partial charge in [-0.15, -0.1) is 24.0 Å². The van der Waals surface area contributed by atoms with Gasteiger partial charge in [-0.1, -0.05) is 0 Å². The van der Waals surface area contributed by atoms with Crippen LogP contribution < -0.4 is 10.6 Å². The Labute approximate surface area is 172 Å². The zero-order valence-electron chi connectivity index (χ0n) is 16.1. The van der Waals surface area contributed by atoms with Gasteiger partial charge in [0.25, 0.3) is 0 Å². The minimum absolute atomic E-state index is 0. The number of guanidine groups is 1. The Kier molecular flexibility index (Phi) is 9.17. The van der Waals surface area contributed by atoms with Gasteiger partial charge in [0, 0.05) is 45.1 Å². The van der Waals surface area contributed by atoms with Crippen molar-refractivity contribution in [3.63, 3.8) is 0 Å². The van der Waals surface area contributed by atoms with Crippen LogP contribution in [-0.2, 0) is 11.3 Å². The second kappa shape index (κ2) is 10.6. The fourth-order valence-corrected chi connectivity index (χ4v) is 2.42. The lowest BCUT2D eigenvalue weighted by Gasteiger charge is -2.40. The molecule has 1 amide bonds. The molecule has 148 valence electrons. The third-order valence-electron chi connectivity index (χ3n) is 3.59. The molecule has 0 radical (unpaired) electrons. The molecule has 2 heterocycles. The van der Waals surface area contributed by atoms with E-state index in [1.165, 1.54) is 0 Å². The second-order valence-corrected chi connectivity index (χ2v) is 7.11. The summed E-state index contributed by atoms with van der Waals surface area (Å²) < 4.78 is 7.27. The van der Waals surface area contributed by atoms with Gasteiger partial charge in [0.15, 0.2) is 5.96 Å². The molecule has 0 aliphatic carbocycles. The first kappa shape index (κ1) is 22.5. The molecule has 26 heavy (non-hydrogen) atoms. The molecule has 2 N–H and O–H groups in total. The van der Waals surface area contributed by atoms with Crippen LogP contribution in [0.5, 0.6) is 0 Å². The van der Waals surface area contributed by atoms with Crippen molar-refractivity contribution in [1.82, 2.24) is 25.3 Å². The molecular formula is C17H31IN6O2. The summed E-state index contributed by atoms with van der Waals surface area (Å²) >= 11 is 0. The summed E-state index contributed by atoms with van der Waals surface area (Å²) in [5, 5.41) is 10.8. The summed E-state index contributed by atoms with van der Waals surface area (Å²) in [6.07, 6.45) is 4.40. The molecule has 0 aromatic carbocycles. The number of rotatable bonds is 6. The van der Waals surface area contributed by atoms with Gasteiger partial charge in [-0.25, -0.2) is 4.79 Å². The third-order valence-corrected chi connectivity index (χ3v) is 3.59. The summed E-state index contributed by atoms with van der Waals surface area (Å²) in [5.74, 6) is 0.789. The van der Waals surface area contributed by atoms with Crippen molar-refractivity contribution >= 4 is 36.0 Å². The molecule has 1 aromatic rings. The summed E-state index contributed by atoms with van der Waals surface area (Å²) in [7, 11) is 0. The third kappa shape index (κ3) is 7.79. The number of amides is 1. The lowest BCUT2D eigenvalue weighted by Crippen LogP contribution is -2.63. The van der Waals surface area contributed by atoms with Crippen molar-refractivity contribution in [3.05, 3.63) is 18.5 Å². The maximum atomic E-state index is 11.9. The number of ether oxygens (including phenoxy) is 1. The van der Waals surface area contributed by atoms with Gasteiger partial charge in [-0.05, 0) is 40.2 Å². The Morgan fingerprint density at radius 3 is 2.69 bits per heavy atom. The predicted octanol–water partition coefficient (Wildman–Crippen LogP) is 2.07. The van der Waals surface area contributed by atoms with Gasteiger partial charge in [-0.2, -0.15) is 5.10 Å². The van der Waals surface area contributed by atoms with Crippen LogP contribution in [0.3, 0.4) is 0 Å². The number of aliphatic imine (C=N–C) groups is 1. The number of hydrogen-bond acceptors (Lipinski definition) is 4. The van der Waals surface area contributed by atoms with Crippen LogP contribution in [0, 0.1) is 0 Å². The molecule has 2 rings (SSSR count). The zero-order valence-corrected chi connectivity index (χ0v) is 18.4. The van der Waals surface area contributed by atoms with E-state index in [4.69, 9.17) is 4.74 Å². The Morgan fingerprint density at radius 1 is 1.38 bits per heavy atom. The number of likely N-dealkylation sites (tertiary alicyclic amines) is 1. The van der Waals surface area contributed by atoms with E-state index in [9.17, 15) is 4.79 Å². The minimum atomic E-state index is -0.458. The molecule has 0 atom stereocenters. The van der Waals surface area contributed by atoms with Gasteiger partial charge < -0.3 is 20.3 Å². The number of aromatic nitrogens is 2. The van der Waals surface area contributed by atoms with E-state index in [1.807, 2.05) is 44.6 Å². The van der Waals surface area contributed by atoms with Gasteiger partial charge in [0.2, 0.25) is 0 Å². The molecule has 0 bridgehead atoms. The molecule has 8 nitrogen and oxygen atoms in total. The van der Waals surface area contributed by atoms with Crippen molar-refractivity contribution in [2.45, 2.75) is 52.3 Å². The second-order valence-electron chi connectivity index (χ2n) is 7.11. The van der Waals surface area contributed by atoms with Crippen molar-refractivity contribution in [3.8, 4) is 0 Å². The first-order valence-electron chi connectivity index (χ1n) is 8.87. The highest BCUT2D eigenvalue weighted by molar-refractivity contribution is 14.0. The Morgan fingerprint density at radius 2 is 2.12 bits per heavy atom. The Bertz CT molecular complexity index is 564. The van der Waals surface area contributed by atoms with Crippen LogP contribution in [0.1, 0.15) is 34.1 Å². The summed E-state index contributed by atoms with van der Waals surface area (Å²) in [4.78, 5) is 18.2. The zero-order chi connectivity index (χ0) is 18.3. The SMILES string of the molecule is CCNC(=NCCCn1cccn1)NC1CN(C(=O)OC(C)(C)C)C1.I. The first-order chi connectivity index (χ1) is 11.9. The minimum Gasteiger partial charge on any atom is -0.444 e. The van der Waals surface area contributed by atoms with Gasteiger partial charge in [0.1, 0.15) is 5.60 Å². The molecule has 1 aliphatic rings. The van der Waals surface area contributed by atoms with Crippen molar-refractivity contribution in [2.24, 2.45) is 4.99 Å². The number of carbonyl (C=O) groups excluding carboxylic acids is 1. The highest BCUT2D eigenvalue weighted by Gasteiger charge is 2.34. The van der Waals surface area contributed by atoms with E-state index in [-0.39, 0.29) is 36.1 Å². The number of aryl methyl sites for hydroxylation is 1. The molecule has 1 aliphatic heterocycles. The number of hydrogen-bond donors (Lipinski definition) is 2. The van der Waals surface area contributed by atoms with Gasteiger partial charge in [0.05, 0.1) is 6.04 Å². The molecule has 9 heteroatoms. The lowest BCUT2D eigenvalue weighted by molar-refractivity contribution is 0.00701. The fourth-order valence-electron chi connectivity index (χ4n) is 2.42. The largest absolute Gasteiger partial charge is 0.444 e. The molecule has 0 spiro atoms. The fraction of sp³-hybridized carbons (Fsp3) is 0.706. The Hall–Kier alpha value is -1.52. The van der Waals surface area contributed by atoms with Crippen molar-refractivity contribution in [2.75, 3.05) is 26.2 Å². The summed E-state index contributed by atoms with van der Waals surface area (Å²) in [6, 6.07) is 2.12. The Balaban J connectivity index is 0.00000338. The summed E-state index contributed by atoms with van der Waals surface area (Å²) in [5.41, 5.74) is -0.458. The van der Waals surface area contributed by atoms with E-state index >= 15 is 0 Å². The lowest BCUT2D eigenvalue weighted by atomic mass is 10.1. The number of halogens is 1. The highest BCUT2D eigenvalue weighted by atomic mass is 127. The summed E-state index contributed by atoms with van der Waals surface area (Å²) in [6.45, 7) is 11.3. The van der Waals surface area contributed by atoms with Crippen LogP contribution >= 0.6 is 24.0 Å². The van der Waals surface area contributed by atoms with Gasteiger partial charge in [-0.3, -0.25) is 9.67 Å². The quantitative estimate of drug-likeness (QED) is 0.283. The van der Waals surface area contributed by atoms with Crippen LogP contribution in [0.4, 0.5) is 4.79 Å². The number of nitrogens with one attached hydrogen (secondary N) is 2. The number of nitrogens with zero attached hydrogens (tertiary/aromatic N) is 4. The van der Waals surface area contributed by atoms with E-state index in [1.54, 1.807) is 11.1 Å². The van der Waals surface area contributed by atoms with Crippen LogP contribution in [0.2, 0.25) is 0 Å². The van der Waals surface area contributed by atoms with E-state index in [2.05, 4.69) is 20.7 Å². The molecule has 1 fully saturated rings. The highest BCUT2D eigenvalue weighted by Crippen LogP contribution is 2.15. The van der Waals surface area contributed by atoms with Crippen LogP contribution in [-0.4, -0.2) is 64.6 Å². The maximum Gasteiger partial charge on any atom is 0.410 e.